The fraction of sp³-hybridized carbons (Fsp3) is 0.333. The Kier molecular flexibility index (Phi) is 4.42. The number of hydrogen-bond donors (Lipinski definition) is 1. The Bertz CT molecular complexity index is 282. The van der Waals surface area contributed by atoms with Gasteiger partial charge in [-0.3, -0.25) is 4.98 Å². The third-order valence-electron chi connectivity index (χ3n) is 1.62. The Labute approximate surface area is 83.2 Å². The Hall–Kier alpha value is -1.09. The van der Waals surface area contributed by atoms with Gasteiger partial charge in [0.15, 0.2) is 0 Å². The van der Waals surface area contributed by atoms with E-state index < -0.39 is 5.97 Å². The van der Waals surface area contributed by atoms with Crippen molar-refractivity contribution in [2.75, 3.05) is 0 Å². The van der Waals surface area contributed by atoms with Gasteiger partial charge in [0, 0.05) is 11.9 Å². The highest BCUT2D eigenvalue weighted by Crippen LogP contribution is 2.10. The molecule has 0 fully saturated rings. The second-order valence-corrected chi connectivity index (χ2v) is 2.93. The number of hydrogen-bond acceptors (Lipinski definition) is 2. The number of rotatable bonds is 2. The highest BCUT2D eigenvalue weighted by molar-refractivity contribution is 5.87. The summed E-state index contributed by atoms with van der Waals surface area (Å²) >= 11 is 0. The van der Waals surface area contributed by atoms with Gasteiger partial charge in [-0.05, 0) is 18.1 Å². The van der Waals surface area contributed by atoms with Crippen molar-refractivity contribution in [3.63, 3.8) is 0 Å². The average molecular weight is 202 g/mol. The minimum Gasteiger partial charge on any atom is -0.478 e. The van der Waals surface area contributed by atoms with Crippen molar-refractivity contribution in [1.29, 1.82) is 0 Å². The number of carboxylic acids is 1. The normalized spacial score (nSPS) is 9.46. The van der Waals surface area contributed by atoms with Crippen LogP contribution in [0.1, 0.15) is 35.8 Å². The minimum atomic E-state index is -0.933. The number of aromatic carboxylic acids is 1. The van der Waals surface area contributed by atoms with E-state index in [4.69, 9.17) is 5.11 Å². The summed E-state index contributed by atoms with van der Waals surface area (Å²) in [5.74, 6) is -0.592. The zero-order valence-corrected chi connectivity index (χ0v) is 8.34. The predicted octanol–water partition coefficient (Wildman–Crippen LogP) is 2.33. The largest absolute Gasteiger partial charge is 0.478 e. The summed E-state index contributed by atoms with van der Waals surface area (Å²) in [6.07, 6.45) is 1.39. The molecule has 0 aromatic carbocycles. The molecule has 0 radical (unpaired) electrons. The molecule has 1 N–H and O–H groups in total. The van der Waals surface area contributed by atoms with Gasteiger partial charge in [0.1, 0.15) is 0 Å². The lowest BCUT2D eigenvalue weighted by molar-refractivity contribution is 0.0696. The first-order chi connectivity index (χ1) is 5.61. The van der Waals surface area contributed by atoms with Crippen LogP contribution in [0.3, 0.4) is 0 Å². The van der Waals surface area contributed by atoms with Crippen LogP contribution in [0.4, 0.5) is 0 Å². The van der Waals surface area contributed by atoms with Gasteiger partial charge in [-0.15, -0.1) is 12.4 Å². The highest BCUT2D eigenvalue weighted by Gasteiger charge is 2.04. The molecular formula is C9H12ClNO2. The third kappa shape index (κ3) is 3.03. The van der Waals surface area contributed by atoms with Gasteiger partial charge in [0.25, 0.3) is 0 Å². The highest BCUT2D eigenvalue weighted by atomic mass is 35.5. The van der Waals surface area contributed by atoms with Crippen LogP contribution in [-0.2, 0) is 0 Å². The summed E-state index contributed by atoms with van der Waals surface area (Å²) in [5, 5.41) is 8.57. The molecule has 1 aromatic rings. The molecule has 0 unspecified atom stereocenters. The maximum Gasteiger partial charge on any atom is 0.337 e. The first-order valence-corrected chi connectivity index (χ1v) is 3.80. The van der Waals surface area contributed by atoms with Crippen LogP contribution in [0.5, 0.6) is 0 Å². The van der Waals surface area contributed by atoms with Crippen LogP contribution in [0, 0.1) is 0 Å². The standard InChI is InChI=1S/C9H11NO2.ClH/c1-6(2)8-4-3-7(5-10-8)9(11)12;/h3-6H,1-2H3,(H,11,12);1H. The fourth-order valence-corrected chi connectivity index (χ4v) is 0.873. The van der Waals surface area contributed by atoms with Crippen molar-refractivity contribution in [1.82, 2.24) is 4.98 Å². The maximum absolute atomic E-state index is 10.4. The molecule has 0 aliphatic carbocycles. The van der Waals surface area contributed by atoms with Crippen LogP contribution < -0.4 is 0 Å². The summed E-state index contributed by atoms with van der Waals surface area (Å²) in [6.45, 7) is 4.03. The van der Waals surface area contributed by atoms with Crippen LogP contribution in [0.2, 0.25) is 0 Å². The minimum absolute atomic E-state index is 0. The smallest absolute Gasteiger partial charge is 0.337 e. The van der Waals surface area contributed by atoms with E-state index in [1.807, 2.05) is 13.8 Å². The molecule has 0 atom stereocenters. The van der Waals surface area contributed by atoms with E-state index >= 15 is 0 Å². The number of carboxylic acid groups (broad SMARTS) is 1. The monoisotopic (exact) mass is 201 g/mol. The molecule has 13 heavy (non-hydrogen) atoms. The van der Waals surface area contributed by atoms with Crippen molar-refractivity contribution >= 4 is 18.4 Å². The van der Waals surface area contributed by atoms with Crippen molar-refractivity contribution in [3.05, 3.63) is 29.6 Å². The van der Waals surface area contributed by atoms with E-state index in [-0.39, 0.29) is 18.0 Å². The van der Waals surface area contributed by atoms with Crippen LogP contribution in [0.15, 0.2) is 18.3 Å². The topological polar surface area (TPSA) is 50.2 Å². The lowest BCUT2D eigenvalue weighted by Gasteiger charge is -2.02. The SMILES string of the molecule is CC(C)c1ccc(C(=O)O)cn1.Cl. The van der Waals surface area contributed by atoms with E-state index in [0.717, 1.165) is 5.69 Å². The summed E-state index contributed by atoms with van der Waals surface area (Å²) in [6, 6.07) is 3.32. The second kappa shape index (κ2) is 4.82. The lowest BCUT2D eigenvalue weighted by atomic mass is 10.1. The molecule has 0 saturated carbocycles. The van der Waals surface area contributed by atoms with E-state index in [9.17, 15) is 4.79 Å². The average Bonchev–Trinajstić information content (AvgIpc) is 2.04. The molecule has 1 aromatic heterocycles. The summed E-state index contributed by atoms with van der Waals surface area (Å²) < 4.78 is 0. The molecule has 4 heteroatoms. The fourth-order valence-electron chi connectivity index (χ4n) is 0.873. The number of halogens is 1. The summed E-state index contributed by atoms with van der Waals surface area (Å²) in [5.41, 5.74) is 1.15. The summed E-state index contributed by atoms with van der Waals surface area (Å²) in [4.78, 5) is 14.5. The van der Waals surface area contributed by atoms with Gasteiger partial charge in [-0.25, -0.2) is 4.79 Å². The van der Waals surface area contributed by atoms with Crippen molar-refractivity contribution in [2.45, 2.75) is 19.8 Å². The van der Waals surface area contributed by atoms with Gasteiger partial charge in [-0.2, -0.15) is 0 Å². The molecule has 0 aliphatic heterocycles. The van der Waals surface area contributed by atoms with Gasteiger partial charge in [-0.1, -0.05) is 13.8 Å². The van der Waals surface area contributed by atoms with Gasteiger partial charge in [0.2, 0.25) is 0 Å². The molecular weight excluding hydrogens is 190 g/mol. The van der Waals surface area contributed by atoms with Crippen molar-refractivity contribution < 1.29 is 9.90 Å². The van der Waals surface area contributed by atoms with Crippen LogP contribution in [0.25, 0.3) is 0 Å². The molecule has 0 amide bonds. The third-order valence-corrected chi connectivity index (χ3v) is 1.62. The molecule has 0 spiro atoms. The zero-order chi connectivity index (χ0) is 9.14. The molecule has 72 valence electrons. The Morgan fingerprint density at radius 3 is 2.38 bits per heavy atom. The second-order valence-electron chi connectivity index (χ2n) is 2.93. The molecule has 0 saturated heterocycles. The van der Waals surface area contributed by atoms with E-state index in [0.29, 0.717) is 5.92 Å². The first kappa shape index (κ1) is 11.9. The molecule has 1 heterocycles. The summed E-state index contributed by atoms with van der Waals surface area (Å²) in [7, 11) is 0. The Morgan fingerprint density at radius 2 is 2.08 bits per heavy atom. The van der Waals surface area contributed by atoms with Crippen molar-refractivity contribution in [3.8, 4) is 0 Å². The van der Waals surface area contributed by atoms with Crippen LogP contribution in [-0.4, -0.2) is 16.1 Å². The molecule has 0 aliphatic rings. The Morgan fingerprint density at radius 1 is 1.46 bits per heavy atom. The van der Waals surface area contributed by atoms with E-state index in [1.54, 1.807) is 12.1 Å². The molecule has 1 rings (SSSR count). The van der Waals surface area contributed by atoms with Gasteiger partial charge >= 0.3 is 5.97 Å². The first-order valence-electron chi connectivity index (χ1n) is 3.80. The zero-order valence-electron chi connectivity index (χ0n) is 7.52. The lowest BCUT2D eigenvalue weighted by Crippen LogP contribution is -1.99. The van der Waals surface area contributed by atoms with E-state index in [2.05, 4.69) is 4.98 Å². The number of nitrogens with zero attached hydrogens (tertiary/aromatic N) is 1. The van der Waals surface area contributed by atoms with Gasteiger partial charge in [0.05, 0.1) is 5.56 Å². The number of carbonyl (C=O) groups is 1. The van der Waals surface area contributed by atoms with E-state index in [1.165, 1.54) is 6.20 Å². The molecule has 0 bridgehead atoms. The number of aromatic nitrogens is 1. The predicted molar refractivity (Wildman–Crippen MR) is 52.5 cm³/mol. The quantitative estimate of drug-likeness (QED) is 0.799. The van der Waals surface area contributed by atoms with Gasteiger partial charge < -0.3 is 5.11 Å². The maximum atomic E-state index is 10.4. The van der Waals surface area contributed by atoms with Crippen LogP contribution >= 0.6 is 12.4 Å². The number of pyridine rings is 1. The van der Waals surface area contributed by atoms with Crippen molar-refractivity contribution in [2.24, 2.45) is 0 Å². The molecule has 3 nitrogen and oxygen atoms in total. The Balaban J connectivity index is 0.00000144.